The van der Waals surface area contributed by atoms with E-state index in [0.29, 0.717) is 0 Å². The van der Waals surface area contributed by atoms with Gasteiger partial charge in [-0.1, -0.05) is 19.9 Å². The Kier molecular flexibility index (Phi) is 6.27. The van der Waals surface area contributed by atoms with E-state index >= 15 is 0 Å². The van der Waals surface area contributed by atoms with Gasteiger partial charge in [0.05, 0.1) is 13.2 Å². The number of nitrogens with zero attached hydrogens (tertiary/aromatic N) is 2. The average Bonchev–Trinajstić information content (AvgIpc) is 2.48. The van der Waals surface area contributed by atoms with Crippen molar-refractivity contribution in [1.29, 1.82) is 0 Å². The standard InChI is InChI=1S/C20H35N3O/c1-16-7-8-17(21-18(16)22-19(2,3)4)15-20(5,6)9-10-23-11-13-24-14-12-23/h7-8H,9-15H2,1-6H3,(H,21,22). The van der Waals surface area contributed by atoms with Crippen LogP contribution in [0.2, 0.25) is 0 Å². The Morgan fingerprint density at radius 3 is 2.42 bits per heavy atom. The summed E-state index contributed by atoms with van der Waals surface area (Å²) in [7, 11) is 0. The smallest absolute Gasteiger partial charge is 0.129 e. The van der Waals surface area contributed by atoms with Crippen LogP contribution in [0.25, 0.3) is 0 Å². The number of rotatable bonds is 6. The highest BCUT2D eigenvalue weighted by molar-refractivity contribution is 5.46. The highest BCUT2D eigenvalue weighted by Gasteiger charge is 2.22. The van der Waals surface area contributed by atoms with Crippen LogP contribution >= 0.6 is 0 Å². The summed E-state index contributed by atoms with van der Waals surface area (Å²) in [6.07, 6.45) is 2.20. The van der Waals surface area contributed by atoms with Crippen molar-refractivity contribution in [1.82, 2.24) is 9.88 Å². The lowest BCUT2D eigenvalue weighted by Gasteiger charge is -2.31. The first kappa shape index (κ1) is 19.2. The molecular weight excluding hydrogens is 298 g/mol. The van der Waals surface area contributed by atoms with Crippen molar-refractivity contribution in [3.63, 3.8) is 0 Å². The van der Waals surface area contributed by atoms with Crippen molar-refractivity contribution in [2.75, 3.05) is 38.2 Å². The fraction of sp³-hybridized carbons (Fsp3) is 0.750. The molecule has 4 heteroatoms. The van der Waals surface area contributed by atoms with Gasteiger partial charge in [-0.05, 0) is 64.1 Å². The van der Waals surface area contributed by atoms with Crippen LogP contribution in [0.15, 0.2) is 12.1 Å². The first-order valence-electron chi connectivity index (χ1n) is 9.19. The zero-order valence-corrected chi connectivity index (χ0v) is 16.4. The molecule has 2 heterocycles. The summed E-state index contributed by atoms with van der Waals surface area (Å²) in [5.41, 5.74) is 2.67. The molecular formula is C20H35N3O. The van der Waals surface area contributed by atoms with Crippen molar-refractivity contribution in [3.05, 3.63) is 23.4 Å². The van der Waals surface area contributed by atoms with Gasteiger partial charge < -0.3 is 10.1 Å². The van der Waals surface area contributed by atoms with Gasteiger partial charge >= 0.3 is 0 Å². The van der Waals surface area contributed by atoms with E-state index in [1.54, 1.807) is 0 Å². The normalized spacial score (nSPS) is 17.1. The molecule has 0 unspecified atom stereocenters. The van der Waals surface area contributed by atoms with Crippen molar-refractivity contribution in [2.24, 2.45) is 5.41 Å². The molecule has 1 saturated heterocycles. The van der Waals surface area contributed by atoms with Gasteiger partial charge in [-0.2, -0.15) is 0 Å². The number of hydrogen-bond acceptors (Lipinski definition) is 4. The number of ether oxygens (including phenoxy) is 1. The molecule has 1 aromatic heterocycles. The minimum atomic E-state index is 0.0300. The molecule has 0 aliphatic carbocycles. The highest BCUT2D eigenvalue weighted by Crippen LogP contribution is 2.27. The summed E-state index contributed by atoms with van der Waals surface area (Å²) in [4.78, 5) is 7.41. The first-order valence-corrected chi connectivity index (χ1v) is 9.19. The van der Waals surface area contributed by atoms with Crippen molar-refractivity contribution < 1.29 is 4.74 Å². The van der Waals surface area contributed by atoms with Crippen LogP contribution in [-0.4, -0.2) is 48.3 Å². The predicted octanol–water partition coefficient (Wildman–Crippen LogP) is 3.89. The predicted molar refractivity (Wildman–Crippen MR) is 102 cm³/mol. The monoisotopic (exact) mass is 333 g/mol. The van der Waals surface area contributed by atoms with Crippen LogP contribution in [0, 0.1) is 12.3 Å². The van der Waals surface area contributed by atoms with Crippen LogP contribution in [0.5, 0.6) is 0 Å². The van der Waals surface area contributed by atoms with Gasteiger partial charge in [0.25, 0.3) is 0 Å². The van der Waals surface area contributed by atoms with Crippen molar-refractivity contribution in [3.8, 4) is 0 Å². The zero-order valence-electron chi connectivity index (χ0n) is 16.4. The zero-order chi connectivity index (χ0) is 17.8. The Morgan fingerprint density at radius 2 is 1.79 bits per heavy atom. The van der Waals surface area contributed by atoms with Crippen LogP contribution in [-0.2, 0) is 11.2 Å². The molecule has 0 bridgehead atoms. The molecule has 0 saturated carbocycles. The lowest BCUT2D eigenvalue weighted by Crippen LogP contribution is -2.38. The van der Waals surface area contributed by atoms with Gasteiger partial charge in [0.1, 0.15) is 5.82 Å². The van der Waals surface area contributed by atoms with E-state index in [1.165, 1.54) is 17.7 Å². The van der Waals surface area contributed by atoms with Gasteiger partial charge in [-0.15, -0.1) is 0 Å². The van der Waals surface area contributed by atoms with E-state index in [0.717, 1.165) is 45.1 Å². The Hall–Kier alpha value is -1.13. The third kappa shape index (κ3) is 6.40. The molecule has 1 aliphatic heterocycles. The maximum Gasteiger partial charge on any atom is 0.129 e. The fourth-order valence-corrected chi connectivity index (χ4v) is 3.01. The Labute approximate surface area is 148 Å². The van der Waals surface area contributed by atoms with Gasteiger partial charge in [-0.25, -0.2) is 4.98 Å². The molecule has 0 radical (unpaired) electrons. The quantitative estimate of drug-likeness (QED) is 0.857. The molecule has 24 heavy (non-hydrogen) atoms. The second-order valence-electron chi connectivity index (χ2n) is 8.89. The average molecular weight is 334 g/mol. The van der Waals surface area contributed by atoms with Crippen LogP contribution in [0.3, 0.4) is 0 Å². The fourth-order valence-electron chi connectivity index (χ4n) is 3.01. The Morgan fingerprint density at radius 1 is 1.12 bits per heavy atom. The molecule has 0 amide bonds. The Bertz CT molecular complexity index is 528. The number of anilines is 1. The summed E-state index contributed by atoms with van der Waals surface area (Å²) in [6, 6.07) is 4.37. The van der Waals surface area contributed by atoms with E-state index in [9.17, 15) is 0 Å². The molecule has 1 fully saturated rings. The molecule has 4 nitrogen and oxygen atoms in total. The van der Waals surface area contributed by atoms with E-state index < -0.39 is 0 Å². The van der Waals surface area contributed by atoms with E-state index in [4.69, 9.17) is 9.72 Å². The first-order chi connectivity index (χ1) is 11.1. The van der Waals surface area contributed by atoms with Gasteiger partial charge in [0.2, 0.25) is 0 Å². The lowest BCUT2D eigenvalue weighted by molar-refractivity contribution is 0.0326. The third-order valence-electron chi connectivity index (χ3n) is 4.52. The van der Waals surface area contributed by atoms with Gasteiger partial charge in [0, 0.05) is 24.3 Å². The summed E-state index contributed by atoms with van der Waals surface area (Å²) < 4.78 is 5.43. The minimum Gasteiger partial charge on any atom is -0.379 e. The second kappa shape index (κ2) is 7.83. The van der Waals surface area contributed by atoms with Gasteiger partial charge in [0.15, 0.2) is 0 Å². The summed E-state index contributed by atoms with van der Waals surface area (Å²) >= 11 is 0. The molecule has 1 aliphatic rings. The number of nitrogens with one attached hydrogen (secondary N) is 1. The van der Waals surface area contributed by atoms with Crippen LogP contribution < -0.4 is 5.32 Å². The number of aryl methyl sites for hydroxylation is 1. The molecule has 0 spiro atoms. The maximum absolute atomic E-state index is 5.43. The lowest BCUT2D eigenvalue weighted by atomic mass is 9.84. The van der Waals surface area contributed by atoms with Crippen LogP contribution in [0.4, 0.5) is 5.82 Å². The number of aromatic nitrogens is 1. The highest BCUT2D eigenvalue weighted by atomic mass is 16.5. The van der Waals surface area contributed by atoms with Crippen LogP contribution in [0.1, 0.15) is 52.3 Å². The minimum absolute atomic E-state index is 0.0300. The topological polar surface area (TPSA) is 37.4 Å². The van der Waals surface area contributed by atoms with E-state index in [2.05, 4.69) is 63.9 Å². The summed E-state index contributed by atoms with van der Waals surface area (Å²) in [6.45, 7) is 18.4. The third-order valence-corrected chi connectivity index (χ3v) is 4.52. The molecule has 0 aromatic carbocycles. The van der Waals surface area contributed by atoms with Crippen molar-refractivity contribution >= 4 is 5.82 Å². The number of pyridine rings is 1. The van der Waals surface area contributed by atoms with E-state index in [1.807, 2.05) is 0 Å². The molecule has 1 N–H and O–H groups in total. The molecule has 2 rings (SSSR count). The summed E-state index contributed by atoms with van der Waals surface area (Å²) in [5, 5.41) is 3.53. The second-order valence-corrected chi connectivity index (χ2v) is 8.89. The SMILES string of the molecule is Cc1ccc(CC(C)(C)CCN2CCOCC2)nc1NC(C)(C)C. The Balaban J connectivity index is 1.96. The summed E-state index contributed by atoms with van der Waals surface area (Å²) in [5.74, 6) is 1.02. The molecule has 0 atom stereocenters. The largest absolute Gasteiger partial charge is 0.379 e. The number of hydrogen-bond donors (Lipinski definition) is 1. The molecule has 1 aromatic rings. The van der Waals surface area contributed by atoms with Gasteiger partial charge in [-0.3, -0.25) is 4.90 Å². The maximum atomic E-state index is 5.43. The number of morpholine rings is 1. The molecule has 136 valence electrons. The van der Waals surface area contributed by atoms with E-state index in [-0.39, 0.29) is 11.0 Å². The van der Waals surface area contributed by atoms with Crippen molar-refractivity contribution in [2.45, 2.75) is 59.9 Å².